The summed E-state index contributed by atoms with van der Waals surface area (Å²) in [5.41, 5.74) is 3.60. The minimum absolute atomic E-state index is 0.0400. The zero-order chi connectivity index (χ0) is 15.2. The van der Waals surface area contributed by atoms with Gasteiger partial charge in [0.15, 0.2) is 13.1 Å². The Bertz CT molecular complexity index is 631. The van der Waals surface area contributed by atoms with Crippen LogP contribution in [0.1, 0.15) is 15.9 Å². The van der Waals surface area contributed by atoms with Gasteiger partial charge >= 0.3 is 0 Å². The van der Waals surface area contributed by atoms with Crippen LogP contribution in [0.25, 0.3) is 6.08 Å². The maximum absolute atomic E-state index is 12.0. The Morgan fingerprint density at radius 1 is 1.14 bits per heavy atom. The summed E-state index contributed by atoms with van der Waals surface area (Å²) in [5, 5.41) is 0. The number of allylic oxidation sites excluding steroid dienone is 1. The minimum atomic E-state index is -0.0400. The van der Waals surface area contributed by atoms with Crippen LogP contribution >= 0.6 is 0 Å². The number of anilines is 1. The number of hydrogen-bond acceptors (Lipinski definition) is 3. The summed E-state index contributed by atoms with van der Waals surface area (Å²) in [5.74, 6) is -0.0400. The smallest absolute Gasteiger partial charge is 0.187 e. The molecule has 0 atom stereocenters. The maximum Gasteiger partial charge on any atom is 0.187 e. The number of ketones is 1. The Hall–Kier alpha value is -2.36. The average molecular weight is 277 g/mol. The molecule has 0 spiro atoms. The van der Waals surface area contributed by atoms with Gasteiger partial charge in [-0.1, -0.05) is 31.1 Å². The number of aromatic nitrogens is 1. The number of rotatable bonds is 5. The molecule has 1 radical (unpaired) electrons. The molecule has 0 saturated carbocycles. The summed E-state index contributed by atoms with van der Waals surface area (Å²) in [4.78, 5) is 18.3. The van der Waals surface area contributed by atoms with E-state index in [0.717, 1.165) is 16.8 Å². The Labute approximate surface area is 126 Å². The van der Waals surface area contributed by atoms with Crippen LogP contribution in [-0.4, -0.2) is 32.1 Å². The Morgan fingerprint density at radius 3 is 2.38 bits per heavy atom. The SMILES string of the molecule is C[B]c1ccc(C(=O)/C=C/c2ccc(N(C)C)cc2)cn1. The van der Waals surface area contributed by atoms with E-state index in [1.54, 1.807) is 18.3 Å². The van der Waals surface area contributed by atoms with Gasteiger partial charge in [0.1, 0.15) is 0 Å². The van der Waals surface area contributed by atoms with Gasteiger partial charge in [-0.3, -0.25) is 9.78 Å². The van der Waals surface area contributed by atoms with Crippen molar-refractivity contribution >= 4 is 30.4 Å². The zero-order valence-corrected chi connectivity index (χ0v) is 12.6. The first-order valence-corrected chi connectivity index (χ1v) is 6.85. The van der Waals surface area contributed by atoms with E-state index in [0.29, 0.717) is 5.56 Å². The van der Waals surface area contributed by atoms with Crippen LogP contribution in [0.15, 0.2) is 48.7 Å². The normalized spacial score (nSPS) is 10.6. The molecule has 2 aromatic rings. The highest BCUT2D eigenvalue weighted by Gasteiger charge is 2.02. The number of hydrogen-bond donors (Lipinski definition) is 0. The summed E-state index contributed by atoms with van der Waals surface area (Å²) >= 11 is 0. The minimum Gasteiger partial charge on any atom is -0.378 e. The van der Waals surface area contributed by atoms with E-state index in [2.05, 4.69) is 4.98 Å². The molecular weight excluding hydrogens is 259 g/mol. The predicted octanol–water partition coefficient (Wildman–Crippen LogP) is 2.42. The molecule has 0 aliphatic carbocycles. The summed E-state index contributed by atoms with van der Waals surface area (Å²) in [6.07, 6.45) is 5.01. The van der Waals surface area contributed by atoms with Crippen molar-refractivity contribution in [1.82, 2.24) is 4.98 Å². The molecule has 1 aromatic carbocycles. The second kappa shape index (κ2) is 6.89. The fourth-order valence-electron chi connectivity index (χ4n) is 1.87. The van der Waals surface area contributed by atoms with Crippen molar-refractivity contribution in [3.05, 3.63) is 59.8 Å². The molecule has 0 saturated heterocycles. The summed E-state index contributed by atoms with van der Waals surface area (Å²) in [6, 6.07) is 11.7. The quantitative estimate of drug-likeness (QED) is 0.478. The Morgan fingerprint density at radius 2 is 1.86 bits per heavy atom. The van der Waals surface area contributed by atoms with Crippen LogP contribution < -0.4 is 10.5 Å². The van der Waals surface area contributed by atoms with E-state index in [9.17, 15) is 4.79 Å². The third-order valence-corrected chi connectivity index (χ3v) is 3.20. The largest absolute Gasteiger partial charge is 0.378 e. The fourth-order valence-corrected chi connectivity index (χ4v) is 1.87. The predicted molar refractivity (Wildman–Crippen MR) is 89.6 cm³/mol. The van der Waals surface area contributed by atoms with E-state index in [4.69, 9.17) is 0 Å². The molecule has 0 aliphatic heterocycles. The Balaban J connectivity index is 2.07. The topological polar surface area (TPSA) is 33.2 Å². The highest BCUT2D eigenvalue weighted by Crippen LogP contribution is 2.13. The van der Waals surface area contributed by atoms with E-state index >= 15 is 0 Å². The standard InChI is InChI=1S/C17H18BN2O/c1-18-17-11-7-14(12-19-17)16(21)10-6-13-4-8-15(9-5-13)20(2)3/h4-12H,1-3H3/b10-6+. The van der Waals surface area contributed by atoms with E-state index < -0.39 is 0 Å². The van der Waals surface area contributed by atoms with Crippen LogP contribution in [0.2, 0.25) is 6.82 Å². The molecule has 0 unspecified atom stereocenters. The van der Waals surface area contributed by atoms with E-state index in [1.165, 1.54) is 0 Å². The summed E-state index contributed by atoms with van der Waals surface area (Å²) in [6.45, 7) is 1.92. The first kappa shape index (κ1) is 15.0. The number of benzene rings is 1. The first-order valence-electron chi connectivity index (χ1n) is 6.85. The van der Waals surface area contributed by atoms with E-state index in [-0.39, 0.29) is 5.78 Å². The van der Waals surface area contributed by atoms with Crippen molar-refractivity contribution in [2.75, 3.05) is 19.0 Å². The highest BCUT2D eigenvalue weighted by molar-refractivity contribution is 6.50. The van der Waals surface area contributed by atoms with Gasteiger partial charge in [0.05, 0.1) is 0 Å². The van der Waals surface area contributed by atoms with Crippen LogP contribution in [-0.2, 0) is 0 Å². The first-order chi connectivity index (χ1) is 10.1. The fraction of sp³-hybridized carbons (Fsp3) is 0.176. The van der Waals surface area contributed by atoms with Crippen molar-refractivity contribution < 1.29 is 4.79 Å². The second-order valence-corrected chi connectivity index (χ2v) is 4.94. The molecule has 0 N–H and O–H groups in total. The average Bonchev–Trinajstić information content (AvgIpc) is 2.53. The molecule has 0 amide bonds. The highest BCUT2D eigenvalue weighted by atomic mass is 16.1. The third kappa shape index (κ3) is 4.05. The van der Waals surface area contributed by atoms with Gasteiger partial charge < -0.3 is 4.90 Å². The molecular formula is C17H18BN2O. The van der Waals surface area contributed by atoms with Crippen molar-refractivity contribution in [3.63, 3.8) is 0 Å². The number of carbonyl (C=O) groups is 1. The maximum atomic E-state index is 12.0. The van der Waals surface area contributed by atoms with Gasteiger partial charge in [0.2, 0.25) is 0 Å². The van der Waals surface area contributed by atoms with Crippen molar-refractivity contribution in [1.29, 1.82) is 0 Å². The lowest BCUT2D eigenvalue weighted by Gasteiger charge is -2.11. The third-order valence-electron chi connectivity index (χ3n) is 3.20. The van der Waals surface area contributed by atoms with Crippen LogP contribution in [0, 0.1) is 0 Å². The molecule has 1 aromatic heterocycles. The van der Waals surface area contributed by atoms with Crippen molar-refractivity contribution in [2.24, 2.45) is 0 Å². The number of nitrogens with zero attached hydrogens (tertiary/aromatic N) is 2. The van der Waals surface area contributed by atoms with Crippen molar-refractivity contribution in [2.45, 2.75) is 6.82 Å². The van der Waals surface area contributed by atoms with Crippen LogP contribution in [0.4, 0.5) is 5.69 Å². The van der Waals surface area contributed by atoms with Gasteiger partial charge in [-0.05, 0) is 35.4 Å². The second-order valence-electron chi connectivity index (χ2n) is 4.94. The van der Waals surface area contributed by atoms with Gasteiger partial charge in [0, 0.05) is 31.5 Å². The molecule has 21 heavy (non-hydrogen) atoms. The summed E-state index contributed by atoms with van der Waals surface area (Å²) < 4.78 is 0. The molecule has 0 bridgehead atoms. The molecule has 1 heterocycles. The van der Waals surface area contributed by atoms with Gasteiger partial charge in [-0.2, -0.15) is 0 Å². The molecule has 0 aliphatic rings. The molecule has 105 valence electrons. The van der Waals surface area contributed by atoms with Crippen LogP contribution in [0.3, 0.4) is 0 Å². The van der Waals surface area contributed by atoms with E-state index in [1.807, 2.05) is 69.5 Å². The van der Waals surface area contributed by atoms with Gasteiger partial charge in [-0.15, -0.1) is 0 Å². The summed E-state index contributed by atoms with van der Waals surface area (Å²) in [7, 11) is 5.90. The van der Waals surface area contributed by atoms with Crippen LogP contribution in [0.5, 0.6) is 0 Å². The number of pyridine rings is 1. The van der Waals surface area contributed by atoms with Gasteiger partial charge in [0.25, 0.3) is 0 Å². The number of carbonyl (C=O) groups excluding carboxylic acids is 1. The monoisotopic (exact) mass is 277 g/mol. The molecule has 2 rings (SSSR count). The Kier molecular flexibility index (Phi) is 4.93. The lowest BCUT2D eigenvalue weighted by Crippen LogP contribution is -2.15. The lowest BCUT2D eigenvalue weighted by atomic mass is 9.77. The lowest BCUT2D eigenvalue weighted by molar-refractivity contribution is 0.104. The molecule has 4 heteroatoms. The van der Waals surface area contributed by atoms with Crippen molar-refractivity contribution in [3.8, 4) is 0 Å². The molecule has 0 fully saturated rings. The molecule has 3 nitrogen and oxygen atoms in total. The van der Waals surface area contributed by atoms with Gasteiger partial charge in [-0.25, -0.2) is 0 Å². The zero-order valence-electron chi connectivity index (χ0n) is 12.6.